The Kier molecular flexibility index (Phi) is 2.64. The van der Waals surface area contributed by atoms with Crippen LogP contribution in [-0.2, 0) is 13.5 Å². The monoisotopic (exact) mass is 347 g/mol. The largest absolute Gasteiger partial charge is 0.330 e. The lowest BCUT2D eigenvalue weighted by molar-refractivity contribution is 0.579. The fraction of sp³-hybridized carbons (Fsp3) is 0.353. The number of hydrogen-bond acceptors (Lipinski definition) is 6. The van der Waals surface area contributed by atoms with Gasteiger partial charge >= 0.3 is 0 Å². The second-order valence-corrected chi connectivity index (χ2v) is 7.07. The van der Waals surface area contributed by atoms with Gasteiger partial charge in [-0.15, -0.1) is 0 Å². The van der Waals surface area contributed by atoms with E-state index < -0.39 is 0 Å². The molecule has 6 heterocycles. The van der Waals surface area contributed by atoms with Crippen molar-refractivity contribution in [3.63, 3.8) is 0 Å². The van der Waals surface area contributed by atoms with Crippen LogP contribution in [0, 0.1) is 0 Å². The molecule has 2 aliphatic rings. The molecule has 0 saturated carbocycles. The molecule has 9 nitrogen and oxygen atoms in total. The summed E-state index contributed by atoms with van der Waals surface area (Å²) in [6.07, 6.45) is 10.8. The van der Waals surface area contributed by atoms with Gasteiger partial charge < -0.3 is 4.90 Å². The van der Waals surface area contributed by atoms with Crippen molar-refractivity contribution in [3.8, 4) is 11.3 Å². The molecule has 130 valence electrons. The van der Waals surface area contributed by atoms with E-state index in [2.05, 4.69) is 35.4 Å². The standard InChI is InChI=1S/C17H17N9/c1-25-8-9(5-20-25)15-16-13(23-24-15)7-18-17(21-16)26-10-2-3-14(26)11-6-19-22-12(11)4-10/h5-8,10,14H,2-4H2,1H3,(H,19,22)(H,23,24). The highest BCUT2D eigenvalue weighted by molar-refractivity contribution is 5.89. The van der Waals surface area contributed by atoms with E-state index in [-0.39, 0.29) is 0 Å². The van der Waals surface area contributed by atoms with Gasteiger partial charge in [0.1, 0.15) is 16.7 Å². The number of rotatable bonds is 2. The topological polar surface area (TPSA) is 104 Å². The van der Waals surface area contributed by atoms with Crippen molar-refractivity contribution in [1.82, 2.24) is 40.1 Å². The lowest BCUT2D eigenvalue weighted by atomic mass is 10.0. The fourth-order valence-electron chi connectivity index (χ4n) is 4.37. The summed E-state index contributed by atoms with van der Waals surface area (Å²) in [4.78, 5) is 11.9. The van der Waals surface area contributed by atoms with Crippen molar-refractivity contribution in [2.75, 3.05) is 4.90 Å². The van der Waals surface area contributed by atoms with Gasteiger partial charge in [-0.25, -0.2) is 9.97 Å². The Morgan fingerprint density at radius 2 is 2.12 bits per heavy atom. The summed E-state index contributed by atoms with van der Waals surface area (Å²) >= 11 is 0. The third kappa shape index (κ3) is 1.82. The molecule has 4 aromatic rings. The van der Waals surface area contributed by atoms with Crippen LogP contribution in [0.4, 0.5) is 5.95 Å². The number of nitrogens with one attached hydrogen (secondary N) is 2. The average molecular weight is 347 g/mol. The SMILES string of the molecule is Cn1cc(-c2n[nH]c3cnc(N4C5CCC4c4cn[nH]c4C5)nc23)cn1. The average Bonchev–Trinajstić information content (AvgIpc) is 3.40. The van der Waals surface area contributed by atoms with Gasteiger partial charge in [0, 0.05) is 42.5 Å². The first-order valence-corrected chi connectivity index (χ1v) is 8.78. The van der Waals surface area contributed by atoms with Gasteiger partial charge in [-0.05, 0) is 12.8 Å². The Labute approximate surface area is 148 Å². The van der Waals surface area contributed by atoms with Crippen LogP contribution in [0.15, 0.2) is 24.8 Å². The van der Waals surface area contributed by atoms with Crippen LogP contribution in [0.5, 0.6) is 0 Å². The number of aromatic nitrogens is 8. The number of nitrogens with zero attached hydrogens (tertiary/aromatic N) is 7. The summed E-state index contributed by atoms with van der Waals surface area (Å²) in [7, 11) is 1.90. The molecule has 26 heavy (non-hydrogen) atoms. The summed E-state index contributed by atoms with van der Waals surface area (Å²) in [6, 6.07) is 0.716. The first kappa shape index (κ1) is 14.0. The lowest BCUT2D eigenvalue weighted by Gasteiger charge is -2.34. The minimum atomic E-state index is 0.300. The maximum atomic E-state index is 4.90. The summed E-state index contributed by atoms with van der Waals surface area (Å²) in [6.45, 7) is 0. The second kappa shape index (κ2) is 4.90. The van der Waals surface area contributed by atoms with Gasteiger partial charge in [0.15, 0.2) is 0 Å². The Morgan fingerprint density at radius 1 is 1.15 bits per heavy atom. The van der Waals surface area contributed by atoms with Crippen molar-refractivity contribution in [2.45, 2.75) is 31.3 Å². The minimum absolute atomic E-state index is 0.300. The van der Waals surface area contributed by atoms with Crippen molar-refractivity contribution < 1.29 is 0 Å². The number of fused-ring (bicyclic) bond motifs is 5. The molecular formula is C17H17N9. The normalized spacial score (nSPS) is 21.5. The van der Waals surface area contributed by atoms with E-state index in [1.165, 1.54) is 11.3 Å². The van der Waals surface area contributed by atoms with Gasteiger partial charge in [0.05, 0.1) is 24.6 Å². The van der Waals surface area contributed by atoms with Gasteiger partial charge in [-0.3, -0.25) is 14.9 Å². The number of aryl methyl sites for hydroxylation is 1. The van der Waals surface area contributed by atoms with Crippen LogP contribution in [0.25, 0.3) is 22.3 Å². The quantitative estimate of drug-likeness (QED) is 0.572. The number of H-pyrrole nitrogens is 2. The van der Waals surface area contributed by atoms with Crippen molar-refractivity contribution in [1.29, 1.82) is 0 Å². The van der Waals surface area contributed by atoms with E-state index in [9.17, 15) is 0 Å². The van der Waals surface area contributed by atoms with Crippen LogP contribution in [0.1, 0.15) is 30.1 Å². The van der Waals surface area contributed by atoms with Crippen LogP contribution in [0.3, 0.4) is 0 Å². The van der Waals surface area contributed by atoms with E-state index in [1.807, 2.05) is 25.6 Å². The summed E-state index contributed by atoms with van der Waals surface area (Å²) in [5.41, 5.74) is 5.96. The Balaban J connectivity index is 1.48. The lowest BCUT2D eigenvalue weighted by Crippen LogP contribution is -2.38. The van der Waals surface area contributed by atoms with Crippen molar-refractivity contribution >= 4 is 17.0 Å². The summed E-state index contributed by atoms with van der Waals surface area (Å²) in [5, 5.41) is 19.1. The van der Waals surface area contributed by atoms with E-state index in [0.29, 0.717) is 12.1 Å². The zero-order chi connectivity index (χ0) is 17.3. The molecule has 2 unspecified atom stereocenters. The zero-order valence-electron chi connectivity index (χ0n) is 14.2. The molecule has 1 fully saturated rings. The molecular weight excluding hydrogens is 330 g/mol. The Bertz CT molecular complexity index is 1120. The van der Waals surface area contributed by atoms with Gasteiger partial charge in [-0.1, -0.05) is 0 Å². The Hall–Kier alpha value is -3.23. The predicted molar refractivity (Wildman–Crippen MR) is 94.4 cm³/mol. The highest BCUT2D eigenvalue weighted by atomic mass is 15.3. The van der Waals surface area contributed by atoms with Crippen molar-refractivity contribution in [3.05, 3.63) is 36.0 Å². The molecule has 6 rings (SSSR count). The molecule has 0 aromatic carbocycles. The van der Waals surface area contributed by atoms with Crippen LogP contribution in [0.2, 0.25) is 0 Å². The molecule has 9 heteroatoms. The summed E-state index contributed by atoms with van der Waals surface area (Å²) < 4.78 is 1.77. The molecule has 2 N–H and O–H groups in total. The maximum Gasteiger partial charge on any atom is 0.226 e. The van der Waals surface area contributed by atoms with Crippen LogP contribution < -0.4 is 4.90 Å². The number of anilines is 1. The van der Waals surface area contributed by atoms with Crippen LogP contribution in [-0.4, -0.2) is 46.2 Å². The molecule has 0 spiro atoms. The van der Waals surface area contributed by atoms with Crippen LogP contribution >= 0.6 is 0 Å². The molecule has 2 atom stereocenters. The summed E-state index contributed by atoms with van der Waals surface area (Å²) in [5.74, 6) is 0.767. The molecule has 4 aromatic heterocycles. The third-order valence-corrected chi connectivity index (χ3v) is 5.55. The minimum Gasteiger partial charge on any atom is -0.330 e. The van der Waals surface area contributed by atoms with E-state index in [4.69, 9.17) is 4.98 Å². The number of aromatic amines is 2. The van der Waals surface area contributed by atoms with E-state index in [1.54, 1.807) is 10.9 Å². The molecule has 0 radical (unpaired) electrons. The van der Waals surface area contributed by atoms with Crippen molar-refractivity contribution in [2.24, 2.45) is 7.05 Å². The first-order chi connectivity index (χ1) is 12.8. The highest BCUT2D eigenvalue weighted by Gasteiger charge is 2.42. The molecule has 0 amide bonds. The molecule has 2 aliphatic heterocycles. The predicted octanol–water partition coefficient (Wildman–Crippen LogP) is 1.74. The molecule has 2 bridgehead atoms. The van der Waals surface area contributed by atoms with Gasteiger partial charge in [-0.2, -0.15) is 15.3 Å². The van der Waals surface area contributed by atoms with Gasteiger partial charge in [0.2, 0.25) is 5.95 Å². The van der Waals surface area contributed by atoms with E-state index >= 15 is 0 Å². The highest BCUT2D eigenvalue weighted by Crippen LogP contribution is 2.44. The van der Waals surface area contributed by atoms with E-state index in [0.717, 1.165) is 47.5 Å². The fourth-order valence-corrected chi connectivity index (χ4v) is 4.37. The number of hydrogen-bond donors (Lipinski definition) is 2. The Morgan fingerprint density at radius 3 is 3.00 bits per heavy atom. The second-order valence-electron chi connectivity index (χ2n) is 7.07. The zero-order valence-corrected chi connectivity index (χ0v) is 14.2. The third-order valence-electron chi connectivity index (χ3n) is 5.55. The van der Waals surface area contributed by atoms with Gasteiger partial charge in [0.25, 0.3) is 0 Å². The molecule has 0 aliphatic carbocycles. The smallest absolute Gasteiger partial charge is 0.226 e. The molecule has 1 saturated heterocycles. The first-order valence-electron chi connectivity index (χ1n) is 8.78. The maximum absolute atomic E-state index is 4.90.